The van der Waals surface area contributed by atoms with Gasteiger partial charge < -0.3 is 4.74 Å². The van der Waals surface area contributed by atoms with Gasteiger partial charge in [0.15, 0.2) is 5.78 Å². The quantitative estimate of drug-likeness (QED) is 0.463. The molecule has 0 aliphatic rings. The Hall–Kier alpha value is -0.170. The smallest absolute Gasteiger partial charge is 0.177 e. The van der Waals surface area contributed by atoms with Crippen molar-refractivity contribution in [2.24, 2.45) is 0 Å². The summed E-state index contributed by atoms with van der Waals surface area (Å²) in [6.45, 7) is 0. The van der Waals surface area contributed by atoms with Gasteiger partial charge in [-0.25, -0.2) is 4.39 Å². The third-order valence-corrected chi connectivity index (χ3v) is 3.19. The molecule has 0 aromatic heterocycles. The average Bonchev–Trinajstić information content (AvgIpc) is 2.20. The SMILES string of the molecule is COc1c(C(=O)CBr)ccc(F)c1I. The molecule has 5 heteroatoms. The van der Waals surface area contributed by atoms with E-state index in [1.54, 1.807) is 0 Å². The second-order valence-corrected chi connectivity index (χ2v) is 4.14. The summed E-state index contributed by atoms with van der Waals surface area (Å²) in [6.07, 6.45) is 0. The van der Waals surface area contributed by atoms with Crippen LogP contribution in [-0.2, 0) is 0 Å². The Labute approximate surface area is 103 Å². The highest BCUT2D eigenvalue weighted by Crippen LogP contribution is 2.28. The van der Waals surface area contributed by atoms with E-state index >= 15 is 0 Å². The molecule has 0 atom stereocenters. The number of Topliss-reactive ketones (excluding diaryl/α,β-unsaturated/α-hetero) is 1. The summed E-state index contributed by atoms with van der Waals surface area (Å²) in [4.78, 5) is 11.4. The van der Waals surface area contributed by atoms with Crippen LogP contribution in [0.15, 0.2) is 12.1 Å². The number of ketones is 1. The molecule has 0 amide bonds. The molecule has 14 heavy (non-hydrogen) atoms. The summed E-state index contributed by atoms with van der Waals surface area (Å²) in [5, 5.41) is 0.199. The molecular formula is C9H7BrFIO2. The molecule has 0 spiro atoms. The lowest BCUT2D eigenvalue weighted by Gasteiger charge is -2.08. The van der Waals surface area contributed by atoms with E-state index in [-0.39, 0.29) is 16.9 Å². The van der Waals surface area contributed by atoms with Crippen molar-refractivity contribution in [2.45, 2.75) is 0 Å². The lowest BCUT2D eigenvalue weighted by Crippen LogP contribution is -2.05. The Balaban J connectivity index is 3.31. The van der Waals surface area contributed by atoms with Crippen molar-refractivity contribution in [3.8, 4) is 5.75 Å². The Kier molecular flexibility index (Phi) is 4.31. The molecule has 1 aromatic rings. The summed E-state index contributed by atoms with van der Waals surface area (Å²) in [6, 6.07) is 2.69. The lowest BCUT2D eigenvalue weighted by atomic mass is 10.1. The Bertz CT molecular complexity index is 368. The first kappa shape index (κ1) is 11.9. The van der Waals surface area contributed by atoms with Gasteiger partial charge in [-0.05, 0) is 34.7 Å². The predicted octanol–water partition coefficient (Wildman–Crippen LogP) is 3.02. The third-order valence-electron chi connectivity index (χ3n) is 1.68. The van der Waals surface area contributed by atoms with Crippen molar-refractivity contribution in [2.75, 3.05) is 12.4 Å². The van der Waals surface area contributed by atoms with Crippen LogP contribution in [0.5, 0.6) is 5.75 Å². The van der Waals surface area contributed by atoms with E-state index in [1.807, 2.05) is 22.6 Å². The highest BCUT2D eigenvalue weighted by atomic mass is 127. The maximum absolute atomic E-state index is 13.1. The fraction of sp³-hybridized carbons (Fsp3) is 0.222. The van der Waals surface area contributed by atoms with Gasteiger partial charge in [-0.2, -0.15) is 0 Å². The number of hydrogen-bond donors (Lipinski definition) is 0. The van der Waals surface area contributed by atoms with Crippen LogP contribution in [0.25, 0.3) is 0 Å². The van der Waals surface area contributed by atoms with Gasteiger partial charge in [0.2, 0.25) is 0 Å². The minimum absolute atomic E-state index is 0.125. The first-order valence-corrected chi connectivity index (χ1v) is 5.93. The van der Waals surface area contributed by atoms with Gasteiger partial charge in [0.25, 0.3) is 0 Å². The highest BCUT2D eigenvalue weighted by Gasteiger charge is 2.16. The lowest BCUT2D eigenvalue weighted by molar-refractivity contribution is 0.102. The van der Waals surface area contributed by atoms with Crippen LogP contribution < -0.4 is 4.74 Å². The Morgan fingerprint density at radius 3 is 2.79 bits per heavy atom. The average molecular weight is 373 g/mol. The summed E-state index contributed by atoms with van der Waals surface area (Å²) in [7, 11) is 1.42. The fourth-order valence-electron chi connectivity index (χ4n) is 1.02. The normalized spacial score (nSPS) is 10.0. The first-order valence-electron chi connectivity index (χ1n) is 3.73. The van der Waals surface area contributed by atoms with Gasteiger partial charge in [-0.1, -0.05) is 15.9 Å². The molecule has 0 unspecified atom stereocenters. The van der Waals surface area contributed by atoms with Crippen LogP contribution in [0.3, 0.4) is 0 Å². The number of alkyl halides is 1. The van der Waals surface area contributed by atoms with E-state index in [2.05, 4.69) is 15.9 Å². The zero-order chi connectivity index (χ0) is 10.7. The maximum atomic E-state index is 13.1. The standard InChI is InChI=1S/C9H7BrFIO2/c1-14-9-5(7(13)4-10)2-3-6(11)8(9)12/h2-3H,4H2,1H3. The Morgan fingerprint density at radius 1 is 1.64 bits per heavy atom. The van der Waals surface area contributed by atoms with Crippen LogP contribution in [0.1, 0.15) is 10.4 Å². The van der Waals surface area contributed by atoms with Crippen LogP contribution in [0.2, 0.25) is 0 Å². The van der Waals surface area contributed by atoms with E-state index in [0.29, 0.717) is 14.9 Å². The molecule has 0 fully saturated rings. The van der Waals surface area contributed by atoms with E-state index in [0.717, 1.165) is 0 Å². The Morgan fingerprint density at radius 2 is 2.29 bits per heavy atom. The van der Waals surface area contributed by atoms with Gasteiger partial charge in [0, 0.05) is 0 Å². The molecule has 0 radical (unpaired) electrons. The number of halogens is 3. The van der Waals surface area contributed by atoms with Gasteiger partial charge in [-0.3, -0.25) is 4.79 Å². The number of ether oxygens (including phenoxy) is 1. The number of hydrogen-bond acceptors (Lipinski definition) is 2. The second kappa shape index (κ2) is 5.06. The zero-order valence-electron chi connectivity index (χ0n) is 7.31. The number of benzene rings is 1. The molecular weight excluding hydrogens is 366 g/mol. The molecule has 0 aliphatic carbocycles. The van der Waals surface area contributed by atoms with Crippen LogP contribution >= 0.6 is 38.5 Å². The predicted molar refractivity (Wildman–Crippen MR) is 63.8 cm³/mol. The van der Waals surface area contributed by atoms with E-state index in [4.69, 9.17) is 4.74 Å². The summed E-state index contributed by atoms with van der Waals surface area (Å²) < 4.78 is 18.4. The minimum atomic E-state index is -0.381. The third kappa shape index (κ3) is 2.25. The van der Waals surface area contributed by atoms with Gasteiger partial charge >= 0.3 is 0 Å². The van der Waals surface area contributed by atoms with Crippen molar-refractivity contribution < 1.29 is 13.9 Å². The van der Waals surface area contributed by atoms with Gasteiger partial charge in [0.05, 0.1) is 21.6 Å². The topological polar surface area (TPSA) is 26.3 Å². The highest BCUT2D eigenvalue weighted by molar-refractivity contribution is 14.1. The molecule has 0 heterocycles. The number of methoxy groups -OCH3 is 1. The van der Waals surface area contributed by atoms with Crippen molar-refractivity contribution in [3.63, 3.8) is 0 Å². The fourth-order valence-corrected chi connectivity index (χ4v) is 2.02. The molecule has 0 bridgehead atoms. The number of carbonyl (C=O) groups excluding carboxylic acids is 1. The van der Waals surface area contributed by atoms with Gasteiger partial charge in [-0.15, -0.1) is 0 Å². The number of carbonyl (C=O) groups is 1. The van der Waals surface area contributed by atoms with E-state index in [9.17, 15) is 9.18 Å². The largest absolute Gasteiger partial charge is 0.495 e. The van der Waals surface area contributed by atoms with Crippen LogP contribution in [-0.4, -0.2) is 18.2 Å². The summed E-state index contributed by atoms with van der Waals surface area (Å²) in [5.41, 5.74) is 0.398. The second-order valence-electron chi connectivity index (χ2n) is 2.50. The molecule has 0 N–H and O–H groups in total. The summed E-state index contributed by atoms with van der Waals surface area (Å²) in [5.74, 6) is -0.205. The molecule has 0 aliphatic heterocycles. The maximum Gasteiger partial charge on any atom is 0.177 e. The minimum Gasteiger partial charge on any atom is -0.495 e. The van der Waals surface area contributed by atoms with Crippen LogP contribution in [0, 0.1) is 9.39 Å². The molecule has 1 rings (SSSR count). The molecule has 0 saturated heterocycles. The van der Waals surface area contributed by atoms with Gasteiger partial charge in [0.1, 0.15) is 11.6 Å². The zero-order valence-corrected chi connectivity index (χ0v) is 11.1. The molecule has 0 saturated carbocycles. The van der Waals surface area contributed by atoms with Crippen molar-refractivity contribution in [1.82, 2.24) is 0 Å². The summed E-state index contributed by atoms with van der Waals surface area (Å²) >= 11 is 4.87. The first-order chi connectivity index (χ1) is 6.61. The molecule has 76 valence electrons. The monoisotopic (exact) mass is 372 g/mol. The molecule has 1 aromatic carbocycles. The van der Waals surface area contributed by atoms with E-state index in [1.165, 1.54) is 19.2 Å². The van der Waals surface area contributed by atoms with Crippen molar-refractivity contribution >= 4 is 44.3 Å². The van der Waals surface area contributed by atoms with Crippen molar-refractivity contribution in [3.05, 3.63) is 27.1 Å². The van der Waals surface area contributed by atoms with E-state index < -0.39 is 0 Å². The van der Waals surface area contributed by atoms with Crippen LogP contribution in [0.4, 0.5) is 4.39 Å². The molecule has 2 nitrogen and oxygen atoms in total. The van der Waals surface area contributed by atoms with Crippen molar-refractivity contribution in [1.29, 1.82) is 0 Å². The number of rotatable bonds is 3.